The number of carbonyl (C=O) groups excluding carboxylic acids is 3. The lowest BCUT2D eigenvalue weighted by Gasteiger charge is -2.18. The number of amides is 3. The van der Waals surface area contributed by atoms with E-state index in [9.17, 15) is 14.4 Å². The van der Waals surface area contributed by atoms with Gasteiger partial charge >= 0.3 is 11.8 Å². The van der Waals surface area contributed by atoms with Crippen molar-refractivity contribution >= 4 is 28.5 Å². The lowest BCUT2D eigenvalue weighted by molar-refractivity contribution is -0.139. The zero-order chi connectivity index (χ0) is 24.5. The summed E-state index contributed by atoms with van der Waals surface area (Å²) in [6.45, 7) is 5.61. The highest BCUT2D eigenvalue weighted by molar-refractivity contribution is 6.35. The standard InChI is InChI=1S/C27H26N4O3/c1-18(16-28)14-15-29-26(33)27(34)30-17-21-9-4-6-12-24(21)25(32)31-19(2)22-13-7-10-20-8-3-5-11-23(20)22/h3-13,19H,1,14-15,17H2,2H3,(H,29,33)(H,30,34)(H,31,32)/t19-/m1/s1. The predicted molar refractivity (Wildman–Crippen MR) is 130 cm³/mol. The first-order valence-electron chi connectivity index (χ1n) is 10.9. The van der Waals surface area contributed by atoms with E-state index in [4.69, 9.17) is 5.26 Å². The van der Waals surface area contributed by atoms with Crippen LogP contribution in [-0.4, -0.2) is 24.3 Å². The molecule has 3 rings (SSSR count). The third-order valence-electron chi connectivity index (χ3n) is 5.42. The number of carbonyl (C=O) groups is 3. The number of hydrogen-bond donors (Lipinski definition) is 3. The third kappa shape index (κ3) is 6.08. The monoisotopic (exact) mass is 454 g/mol. The Morgan fingerprint density at radius 1 is 0.941 bits per heavy atom. The zero-order valence-corrected chi connectivity index (χ0v) is 18.9. The second-order valence-corrected chi connectivity index (χ2v) is 7.82. The summed E-state index contributed by atoms with van der Waals surface area (Å²) >= 11 is 0. The molecule has 0 fully saturated rings. The van der Waals surface area contributed by atoms with Crippen molar-refractivity contribution in [1.29, 1.82) is 5.26 Å². The summed E-state index contributed by atoms with van der Waals surface area (Å²) in [7, 11) is 0. The van der Waals surface area contributed by atoms with Crippen molar-refractivity contribution in [2.45, 2.75) is 25.9 Å². The molecule has 0 aliphatic rings. The predicted octanol–water partition coefficient (Wildman–Crippen LogP) is 3.53. The first kappa shape index (κ1) is 24.2. The van der Waals surface area contributed by atoms with Gasteiger partial charge in [0.15, 0.2) is 0 Å². The molecule has 3 N–H and O–H groups in total. The summed E-state index contributed by atoms with van der Waals surface area (Å²) in [5.74, 6) is -1.90. The fourth-order valence-electron chi connectivity index (χ4n) is 3.60. The van der Waals surface area contributed by atoms with E-state index in [1.165, 1.54) is 0 Å². The van der Waals surface area contributed by atoms with E-state index in [2.05, 4.69) is 22.5 Å². The Hall–Kier alpha value is -4.44. The van der Waals surface area contributed by atoms with Crippen LogP contribution < -0.4 is 16.0 Å². The molecule has 0 aliphatic carbocycles. The van der Waals surface area contributed by atoms with Gasteiger partial charge in [0, 0.05) is 24.2 Å². The summed E-state index contributed by atoms with van der Waals surface area (Å²) < 4.78 is 0. The number of hydrogen-bond acceptors (Lipinski definition) is 4. The van der Waals surface area contributed by atoms with E-state index in [1.54, 1.807) is 24.3 Å². The fraction of sp³-hybridized carbons (Fsp3) is 0.185. The first-order chi connectivity index (χ1) is 16.4. The average Bonchev–Trinajstić information content (AvgIpc) is 2.86. The van der Waals surface area contributed by atoms with Crippen molar-refractivity contribution < 1.29 is 14.4 Å². The second-order valence-electron chi connectivity index (χ2n) is 7.82. The average molecular weight is 455 g/mol. The minimum absolute atomic E-state index is 0.0173. The largest absolute Gasteiger partial charge is 0.347 e. The number of nitrogens with zero attached hydrogens (tertiary/aromatic N) is 1. The topological polar surface area (TPSA) is 111 Å². The molecule has 1 atom stereocenters. The second kappa shape index (κ2) is 11.4. The fourth-order valence-corrected chi connectivity index (χ4v) is 3.60. The van der Waals surface area contributed by atoms with E-state index in [1.807, 2.05) is 55.5 Å². The molecule has 0 bridgehead atoms. The lowest BCUT2D eigenvalue weighted by atomic mass is 9.99. The summed E-state index contributed by atoms with van der Waals surface area (Å²) in [5.41, 5.74) is 2.33. The van der Waals surface area contributed by atoms with E-state index < -0.39 is 11.8 Å². The quantitative estimate of drug-likeness (QED) is 0.357. The van der Waals surface area contributed by atoms with Crippen LogP contribution in [0.5, 0.6) is 0 Å². The number of rotatable bonds is 8. The summed E-state index contributed by atoms with van der Waals surface area (Å²) in [4.78, 5) is 37.1. The smallest absolute Gasteiger partial charge is 0.309 e. The molecule has 0 unspecified atom stereocenters. The molecule has 3 aromatic rings. The molecule has 0 spiro atoms. The summed E-state index contributed by atoms with van der Waals surface area (Å²) in [6, 6.07) is 22.5. The Bertz CT molecular complexity index is 1270. The Morgan fingerprint density at radius 3 is 2.41 bits per heavy atom. The van der Waals surface area contributed by atoms with Crippen LogP contribution in [0.25, 0.3) is 10.8 Å². The van der Waals surface area contributed by atoms with Gasteiger partial charge in [-0.25, -0.2) is 0 Å². The van der Waals surface area contributed by atoms with Crippen LogP contribution in [-0.2, 0) is 16.1 Å². The van der Waals surface area contributed by atoms with Crippen LogP contribution in [0.15, 0.2) is 78.9 Å². The summed E-state index contributed by atoms with van der Waals surface area (Å²) in [6.07, 6.45) is 0.271. The molecular weight excluding hydrogens is 428 g/mol. The maximum Gasteiger partial charge on any atom is 0.309 e. The van der Waals surface area contributed by atoms with Crippen LogP contribution in [0.1, 0.15) is 40.9 Å². The molecule has 34 heavy (non-hydrogen) atoms. The van der Waals surface area contributed by atoms with Gasteiger partial charge in [-0.1, -0.05) is 67.2 Å². The molecule has 0 saturated heterocycles. The molecule has 0 aliphatic heterocycles. The van der Waals surface area contributed by atoms with Crippen molar-refractivity contribution in [3.05, 3.63) is 95.6 Å². The van der Waals surface area contributed by atoms with Crippen molar-refractivity contribution in [1.82, 2.24) is 16.0 Å². The molecule has 7 heteroatoms. The van der Waals surface area contributed by atoms with Gasteiger partial charge in [0.2, 0.25) is 0 Å². The van der Waals surface area contributed by atoms with Crippen LogP contribution in [0, 0.1) is 11.3 Å². The van der Waals surface area contributed by atoms with Crippen LogP contribution in [0.4, 0.5) is 0 Å². The van der Waals surface area contributed by atoms with Gasteiger partial charge in [0.25, 0.3) is 5.91 Å². The normalized spacial score (nSPS) is 11.2. The Labute approximate surface area is 198 Å². The van der Waals surface area contributed by atoms with Crippen LogP contribution in [0.3, 0.4) is 0 Å². The molecule has 3 aromatic carbocycles. The van der Waals surface area contributed by atoms with Gasteiger partial charge in [-0.15, -0.1) is 0 Å². The van der Waals surface area contributed by atoms with Crippen molar-refractivity contribution in [3.8, 4) is 6.07 Å². The van der Waals surface area contributed by atoms with Gasteiger partial charge in [-0.05, 0) is 41.3 Å². The van der Waals surface area contributed by atoms with Crippen molar-refractivity contribution in [2.24, 2.45) is 0 Å². The van der Waals surface area contributed by atoms with Crippen molar-refractivity contribution in [2.75, 3.05) is 6.54 Å². The first-order valence-corrected chi connectivity index (χ1v) is 10.9. The van der Waals surface area contributed by atoms with Gasteiger partial charge in [-0.2, -0.15) is 5.26 Å². The summed E-state index contributed by atoms with van der Waals surface area (Å²) in [5, 5.41) is 18.9. The van der Waals surface area contributed by atoms with E-state index in [0.29, 0.717) is 16.7 Å². The van der Waals surface area contributed by atoms with Crippen LogP contribution in [0.2, 0.25) is 0 Å². The molecule has 0 aromatic heterocycles. The zero-order valence-electron chi connectivity index (χ0n) is 18.9. The molecule has 172 valence electrons. The lowest BCUT2D eigenvalue weighted by Crippen LogP contribution is -2.40. The molecular formula is C27H26N4O3. The molecule has 0 saturated carbocycles. The maximum atomic E-state index is 13.1. The van der Waals surface area contributed by atoms with E-state index in [0.717, 1.165) is 16.3 Å². The number of benzene rings is 3. The van der Waals surface area contributed by atoms with Crippen LogP contribution >= 0.6 is 0 Å². The van der Waals surface area contributed by atoms with E-state index >= 15 is 0 Å². The SMILES string of the molecule is C=C(C#N)CCNC(=O)C(=O)NCc1ccccc1C(=O)N[C@H](C)c1cccc2ccccc12. The minimum Gasteiger partial charge on any atom is -0.347 e. The maximum absolute atomic E-state index is 13.1. The number of nitrogens with one attached hydrogen (secondary N) is 3. The van der Waals surface area contributed by atoms with Gasteiger partial charge in [0.1, 0.15) is 0 Å². The van der Waals surface area contributed by atoms with Gasteiger partial charge < -0.3 is 16.0 Å². The Balaban J connectivity index is 1.63. The van der Waals surface area contributed by atoms with Gasteiger partial charge in [0.05, 0.1) is 12.1 Å². The molecule has 7 nitrogen and oxygen atoms in total. The Morgan fingerprint density at radius 2 is 1.62 bits per heavy atom. The minimum atomic E-state index is -0.818. The highest BCUT2D eigenvalue weighted by Gasteiger charge is 2.18. The van der Waals surface area contributed by atoms with Gasteiger partial charge in [-0.3, -0.25) is 14.4 Å². The third-order valence-corrected chi connectivity index (χ3v) is 5.42. The number of nitriles is 1. The highest BCUT2D eigenvalue weighted by atomic mass is 16.2. The Kier molecular flexibility index (Phi) is 8.14. The molecule has 0 radical (unpaired) electrons. The number of fused-ring (bicyclic) bond motifs is 1. The highest BCUT2D eigenvalue weighted by Crippen LogP contribution is 2.24. The van der Waals surface area contributed by atoms with Crippen molar-refractivity contribution in [3.63, 3.8) is 0 Å². The molecule has 3 amide bonds. The van der Waals surface area contributed by atoms with E-state index in [-0.39, 0.29) is 31.5 Å². The molecule has 0 heterocycles.